The van der Waals surface area contributed by atoms with Crippen molar-refractivity contribution < 1.29 is 4.42 Å². The van der Waals surface area contributed by atoms with Gasteiger partial charge in [-0.15, -0.1) is 0 Å². The Morgan fingerprint density at radius 3 is 2.87 bits per heavy atom. The third kappa shape index (κ3) is 5.12. The Morgan fingerprint density at radius 1 is 1.19 bits per heavy atom. The van der Waals surface area contributed by atoms with E-state index in [9.17, 15) is 0 Å². The molecular formula is C26H27N3OS. The van der Waals surface area contributed by atoms with Crippen LogP contribution in [0.2, 0.25) is 0 Å². The molecule has 5 heteroatoms. The molecule has 3 heterocycles. The van der Waals surface area contributed by atoms with Crippen LogP contribution >= 0.6 is 11.3 Å². The summed E-state index contributed by atoms with van der Waals surface area (Å²) in [7, 11) is 0. The molecule has 4 rings (SSSR count). The van der Waals surface area contributed by atoms with Gasteiger partial charge in [0.2, 0.25) is 0 Å². The van der Waals surface area contributed by atoms with E-state index in [2.05, 4.69) is 77.2 Å². The average Bonchev–Trinajstić information content (AvgIpc) is 3.41. The fourth-order valence-corrected chi connectivity index (χ4v) is 4.21. The van der Waals surface area contributed by atoms with Gasteiger partial charge < -0.3 is 9.73 Å². The molecule has 0 bridgehead atoms. The van der Waals surface area contributed by atoms with Crippen molar-refractivity contribution in [2.24, 2.45) is 0 Å². The first-order valence-electron chi connectivity index (χ1n) is 10.5. The number of nitrogens with zero attached hydrogens (tertiary/aromatic N) is 2. The summed E-state index contributed by atoms with van der Waals surface area (Å²) in [4.78, 5) is 9.23. The maximum Gasteiger partial charge on any atom is 0.134 e. The number of aromatic nitrogens is 2. The number of aryl methyl sites for hydroxylation is 2. The molecule has 0 aliphatic rings. The molecule has 1 unspecified atom stereocenters. The molecule has 0 fully saturated rings. The highest BCUT2D eigenvalue weighted by atomic mass is 32.1. The number of rotatable bonds is 7. The molecule has 0 aliphatic heterocycles. The van der Waals surface area contributed by atoms with Gasteiger partial charge in [-0.25, -0.2) is 9.97 Å². The van der Waals surface area contributed by atoms with E-state index in [1.165, 1.54) is 11.1 Å². The maximum atomic E-state index is 5.57. The Bertz CT molecular complexity index is 1240. The van der Waals surface area contributed by atoms with Crippen LogP contribution in [-0.4, -0.2) is 16.0 Å². The van der Waals surface area contributed by atoms with Crippen molar-refractivity contribution in [2.45, 2.75) is 40.2 Å². The zero-order chi connectivity index (χ0) is 21.8. The lowest BCUT2D eigenvalue weighted by Crippen LogP contribution is -2.15. The number of fused-ring (bicyclic) bond motifs is 1. The molecule has 0 spiro atoms. The SMILES string of the molecule is CC(=CC=CCC(C)Nc1cc(-c2ccc3occ(C)c3c2)nc(C)n1)c1ccsc1. The van der Waals surface area contributed by atoms with Crippen LogP contribution in [0.1, 0.15) is 37.2 Å². The topological polar surface area (TPSA) is 51.0 Å². The van der Waals surface area contributed by atoms with Gasteiger partial charge in [0.05, 0.1) is 12.0 Å². The fourth-order valence-electron chi connectivity index (χ4n) is 3.50. The van der Waals surface area contributed by atoms with Gasteiger partial charge in [-0.2, -0.15) is 11.3 Å². The van der Waals surface area contributed by atoms with Crippen molar-refractivity contribution in [1.29, 1.82) is 0 Å². The molecule has 0 saturated carbocycles. The van der Waals surface area contributed by atoms with Crippen molar-refractivity contribution in [3.05, 3.63) is 82.5 Å². The largest absolute Gasteiger partial charge is 0.464 e. The Kier molecular flexibility index (Phi) is 6.33. The van der Waals surface area contributed by atoms with Crippen LogP contribution in [0.3, 0.4) is 0 Å². The summed E-state index contributed by atoms with van der Waals surface area (Å²) in [5, 5.41) is 8.91. The smallest absolute Gasteiger partial charge is 0.134 e. The van der Waals surface area contributed by atoms with Crippen molar-refractivity contribution in [1.82, 2.24) is 9.97 Å². The summed E-state index contributed by atoms with van der Waals surface area (Å²) < 4.78 is 5.57. The second-order valence-corrected chi connectivity index (χ2v) is 8.67. The van der Waals surface area contributed by atoms with Crippen LogP contribution in [0.4, 0.5) is 5.82 Å². The van der Waals surface area contributed by atoms with E-state index in [0.29, 0.717) is 0 Å². The zero-order valence-electron chi connectivity index (χ0n) is 18.3. The molecule has 0 aliphatic carbocycles. The predicted molar refractivity (Wildman–Crippen MR) is 132 cm³/mol. The van der Waals surface area contributed by atoms with E-state index in [1.54, 1.807) is 17.6 Å². The standard InChI is InChI=1S/C26H27N3OS/c1-17(22-11-12-31-16-22)7-5-6-8-19(3)27-26-14-24(28-20(4)29-26)21-9-10-25-23(13-21)18(2)15-30-25/h5-7,9-16,19H,8H2,1-4H3,(H,27,28,29). The van der Waals surface area contributed by atoms with Crippen LogP contribution in [0.15, 0.2) is 70.0 Å². The molecule has 4 aromatic rings. The predicted octanol–water partition coefficient (Wildman–Crippen LogP) is 7.42. The lowest BCUT2D eigenvalue weighted by Gasteiger charge is -2.14. The van der Waals surface area contributed by atoms with Crippen molar-refractivity contribution >= 4 is 33.7 Å². The quantitative estimate of drug-likeness (QED) is 0.311. The minimum atomic E-state index is 0.256. The molecule has 31 heavy (non-hydrogen) atoms. The van der Waals surface area contributed by atoms with Gasteiger partial charge in [0.15, 0.2) is 0 Å². The van der Waals surface area contributed by atoms with E-state index in [4.69, 9.17) is 4.42 Å². The first-order valence-corrected chi connectivity index (χ1v) is 11.4. The number of hydrogen-bond acceptors (Lipinski definition) is 5. The van der Waals surface area contributed by atoms with Crippen LogP contribution in [-0.2, 0) is 0 Å². The highest BCUT2D eigenvalue weighted by Gasteiger charge is 2.09. The number of allylic oxidation sites excluding steroid dienone is 3. The Hall–Kier alpha value is -3.18. The zero-order valence-corrected chi connectivity index (χ0v) is 19.2. The lowest BCUT2D eigenvalue weighted by molar-refractivity contribution is 0.613. The first-order chi connectivity index (χ1) is 15.0. The van der Waals surface area contributed by atoms with Crippen LogP contribution in [0, 0.1) is 13.8 Å². The molecule has 0 radical (unpaired) electrons. The van der Waals surface area contributed by atoms with Gasteiger partial charge in [0.1, 0.15) is 17.2 Å². The Labute approximate surface area is 187 Å². The minimum absolute atomic E-state index is 0.256. The minimum Gasteiger partial charge on any atom is -0.464 e. The number of anilines is 1. The number of thiophene rings is 1. The number of furan rings is 1. The first kappa shape index (κ1) is 21.1. The lowest BCUT2D eigenvalue weighted by atomic mass is 10.1. The van der Waals surface area contributed by atoms with Crippen molar-refractivity contribution in [3.63, 3.8) is 0 Å². The van der Waals surface area contributed by atoms with Gasteiger partial charge >= 0.3 is 0 Å². The fraction of sp³-hybridized carbons (Fsp3) is 0.231. The van der Waals surface area contributed by atoms with Crippen LogP contribution in [0.5, 0.6) is 0 Å². The molecule has 4 nitrogen and oxygen atoms in total. The van der Waals surface area contributed by atoms with E-state index in [-0.39, 0.29) is 6.04 Å². The summed E-state index contributed by atoms with van der Waals surface area (Å²) in [6.45, 7) is 8.29. The molecule has 1 N–H and O–H groups in total. The molecule has 3 aromatic heterocycles. The van der Waals surface area contributed by atoms with Gasteiger partial charge in [-0.3, -0.25) is 0 Å². The van der Waals surface area contributed by atoms with Crippen molar-refractivity contribution in [3.8, 4) is 11.3 Å². The van der Waals surface area contributed by atoms with Gasteiger partial charge in [-0.05, 0) is 85.8 Å². The number of benzene rings is 1. The third-order valence-electron chi connectivity index (χ3n) is 5.24. The number of nitrogens with one attached hydrogen (secondary N) is 1. The maximum absolute atomic E-state index is 5.57. The normalized spacial score (nSPS) is 13.2. The monoisotopic (exact) mass is 429 g/mol. The number of hydrogen-bond donors (Lipinski definition) is 1. The summed E-state index contributed by atoms with van der Waals surface area (Å²) in [5.74, 6) is 1.60. The van der Waals surface area contributed by atoms with E-state index >= 15 is 0 Å². The molecule has 158 valence electrons. The second-order valence-electron chi connectivity index (χ2n) is 7.89. The summed E-state index contributed by atoms with van der Waals surface area (Å²) in [5.41, 5.74) is 6.56. The van der Waals surface area contributed by atoms with Gasteiger partial charge in [-0.1, -0.05) is 18.2 Å². The highest BCUT2D eigenvalue weighted by molar-refractivity contribution is 7.08. The summed E-state index contributed by atoms with van der Waals surface area (Å²) in [6.07, 6.45) is 9.18. The van der Waals surface area contributed by atoms with Crippen molar-refractivity contribution in [2.75, 3.05) is 5.32 Å². The second kappa shape index (κ2) is 9.31. The molecule has 0 amide bonds. The molecular weight excluding hydrogens is 402 g/mol. The Morgan fingerprint density at radius 2 is 2.06 bits per heavy atom. The molecule has 1 atom stereocenters. The van der Waals surface area contributed by atoms with Crippen LogP contribution in [0.25, 0.3) is 27.8 Å². The molecule has 0 saturated heterocycles. The van der Waals surface area contributed by atoms with E-state index < -0.39 is 0 Å². The van der Waals surface area contributed by atoms with E-state index in [0.717, 1.165) is 45.9 Å². The average molecular weight is 430 g/mol. The highest BCUT2D eigenvalue weighted by Crippen LogP contribution is 2.27. The summed E-state index contributed by atoms with van der Waals surface area (Å²) in [6, 6.07) is 10.6. The third-order valence-corrected chi connectivity index (χ3v) is 5.93. The molecule has 1 aromatic carbocycles. The summed E-state index contributed by atoms with van der Waals surface area (Å²) >= 11 is 1.72. The van der Waals surface area contributed by atoms with E-state index in [1.807, 2.05) is 25.1 Å². The van der Waals surface area contributed by atoms with Crippen LogP contribution < -0.4 is 5.32 Å². The van der Waals surface area contributed by atoms with Gasteiger partial charge in [0, 0.05) is 23.1 Å². The Balaban J connectivity index is 1.44. The van der Waals surface area contributed by atoms with Gasteiger partial charge in [0.25, 0.3) is 0 Å².